The SMILES string of the molecule is C1=Cc2c(oc3cc4c(c(C5=C6CCCCC6C(C6CC=CC(c7cccc8c7CCCC8)C6)C6=CCCC=C65)c23)CCC=C4)CC1. The van der Waals surface area contributed by atoms with Crippen molar-refractivity contribution in [2.75, 3.05) is 0 Å². The van der Waals surface area contributed by atoms with E-state index in [-0.39, 0.29) is 0 Å². The van der Waals surface area contributed by atoms with E-state index in [2.05, 4.69) is 72.9 Å². The summed E-state index contributed by atoms with van der Waals surface area (Å²) in [5.74, 6) is 3.76. The molecule has 1 heteroatoms. The van der Waals surface area contributed by atoms with Crippen LogP contribution in [0.25, 0.3) is 28.7 Å². The molecular weight excluding hydrogens is 569 g/mol. The molecular formula is C46H48O. The minimum Gasteiger partial charge on any atom is -0.460 e. The highest BCUT2D eigenvalue weighted by molar-refractivity contribution is 6.06. The molecule has 1 fully saturated rings. The molecule has 238 valence electrons. The smallest absolute Gasteiger partial charge is 0.136 e. The van der Waals surface area contributed by atoms with E-state index in [0.29, 0.717) is 23.7 Å². The molecule has 0 spiro atoms. The number of fused-ring (bicyclic) bond motifs is 7. The first kappa shape index (κ1) is 28.4. The largest absolute Gasteiger partial charge is 0.460 e. The fourth-order valence-corrected chi connectivity index (χ4v) is 11.2. The number of benzene rings is 2. The predicted molar refractivity (Wildman–Crippen MR) is 196 cm³/mol. The molecule has 4 atom stereocenters. The van der Waals surface area contributed by atoms with Crippen LogP contribution in [0.4, 0.5) is 0 Å². The Labute approximate surface area is 280 Å². The number of allylic oxidation sites excluding steroid dienone is 10. The molecule has 1 saturated carbocycles. The fraction of sp³-hybridized carbons (Fsp3) is 0.435. The first-order chi connectivity index (χ1) is 23.3. The molecule has 1 aromatic heterocycles. The molecule has 0 bridgehead atoms. The van der Waals surface area contributed by atoms with Gasteiger partial charge in [-0.1, -0.05) is 78.8 Å². The van der Waals surface area contributed by atoms with Crippen molar-refractivity contribution in [2.45, 2.75) is 109 Å². The van der Waals surface area contributed by atoms with E-state index in [9.17, 15) is 0 Å². The molecule has 0 saturated heterocycles. The van der Waals surface area contributed by atoms with Gasteiger partial charge in [0.25, 0.3) is 0 Å². The van der Waals surface area contributed by atoms with Gasteiger partial charge in [0.2, 0.25) is 0 Å². The van der Waals surface area contributed by atoms with Crippen molar-refractivity contribution in [3.05, 3.63) is 122 Å². The molecule has 7 aliphatic rings. The van der Waals surface area contributed by atoms with Gasteiger partial charge in [0.15, 0.2) is 0 Å². The summed E-state index contributed by atoms with van der Waals surface area (Å²) in [5, 5.41) is 1.41. The van der Waals surface area contributed by atoms with Gasteiger partial charge in [-0.3, -0.25) is 0 Å². The van der Waals surface area contributed by atoms with Crippen molar-refractivity contribution in [1.82, 2.24) is 0 Å². The van der Waals surface area contributed by atoms with Crippen molar-refractivity contribution >= 4 is 28.7 Å². The zero-order chi connectivity index (χ0) is 30.9. The standard InChI is InChI=1S/C46H48O/c1-3-18-33-29(13-1)15-12-25-34(33)30-16-11-17-32(27-30)43-36-20-5-7-22-38(36)44(39-23-8-6-21-37(39)43)46-35-19-4-2-14-31(35)28-42-45(46)40-24-9-10-26-41(40)47-42/h2,9,11-12,14-16,20,22,24-25,28,30,32,37,43H,1,3-8,10,13,17-19,21,23,26-27H2. The molecule has 0 aliphatic heterocycles. The summed E-state index contributed by atoms with van der Waals surface area (Å²) in [6.07, 6.45) is 39.9. The van der Waals surface area contributed by atoms with Crippen LogP contribution in [0.15, 0.2) is 81.9 Å². The highest BCUT2D eigenvalue weighted by atomic mass is 16.3. The third kappa shape index (κ3) is 4.55. The zero-order valence-corrected chi connectivity index (χ0v) is 28.0. The summed E-state index contributed by atoms with van der Waals surface area (Å²) in [4.78, 5) is 0. The van der Waals surface area contributed by atoms with Crippen LogP contribution in [0.2, 0.25) is 0 Å². The summed E-state index contributed by atoms with van der Waals surface area (Å²) in [7, 11) is 0. The third-order valence-corrected chi connectivity index (χ3v) is 13.1. The normalized spacial score (nSPS) is 27.8. The maximum absolute atomic E-state index is 6.72. The van der Waals surface area contributed by atoms with Crippen LogP contribution >= 0.6 is 0 Å². The van der Waals surface area contributed by atoms with Crippen molar-refractivity contribution in [1.29, 1.82) is 0 Å². The van der Waals surface area contributed by atoms with E-state index in [4.69, 9.17) is 4.42 Å². The van der Waals surface area contributed by atoms with Gasteiger partial charge in [-0.25, -0.2) is 0 Å². The average Bonchev–Trinajstić information content (AvgIpc) is 3.51. The second kappa shape index (κ2) is 11.5. The van der Waals surface area contributed by atoms with E-state index in [1.54, 1.807) is 50.1 Å². The topological polar surface area (TPSA) is 13.1 Å². The summed E-state index contributed by atoms with van der Waals surface area (Å²) in [6.45, 7) is 0. The summed E-state index contributed by atoms with van der Waals surface area (Å²) >= 11 is 0. The van der Waals surface area contributed by atoms with Crippen LogP contribution in [-0.2, 0) is 25.7 Å². The van der Waals surface area contributed by atoms with Gasteiger partial charge in [-0.2, -0.15) is 0 Å². The Morgan fingerprint density at radius 1 is 0.766 bits per heavy atom. The number of rotatable bonds is 3. The van der Waals surface area contributed by atoms with E-state index < -0.39 is 0 Å². The van der Waals surface area contributed by atoms with Gasteiger partial charge >= 0.3 is 0 Å². The van der Waals surface area contributed by atoms with Crippen molar-refractivity contribution in [3.63, 3.8) is 0 Å². The molecule has 1 heterocycles. The highest BCUT2D eigenvalue weighted by Crippen LogP contribution is 2.58. The number of furan rings is 1. The maximum Gasteiger partial charge on any atom is 0.136 e. The quantitative estimate of drug-likeness (QED) is 0.267. The Morgan fingerprint density at radius 3 is 2.66 bits per heavy atom. The van der Waals surface area contributed by atoms with E-state index >= 15 is 0 Å². The zero-order valence-electron chi connectivity index (χ0n) is 28.0. The number of hydrogen-bond acceptors (Lipinski definition) is 1. The maximum atomic E-state index is 6.72. The molecule has 4 unspecified atom stereocenters. The van der Waals surface area contributed by atoms with Crippen LogP contribution < -0.4 is 0 Å². The van der Waals surface area contributed by atoms with Crippen LogP contribution in [0, 0.1) is 17.8 Å². The lowest BCUT2D eigenvalue weighted by molar-refractivity contribution is 0.235. The average molecular weight is 617 g/mol. The first-order valence-corrected chi connectivity index (χ1v) is 19.2. The lowest BCUT2D eigenvalue weighted by Gasteiger charge is -2.47. The Balaban J connectivity index is 1.14. The second-order valence-electron chi connectivity index (χ2n) is 15.6. The summed E-state index contributed by atoms with van der Waals surface area (Å²) < 4.78 is 6.72. The van der Waals surface area contributed by atoms with E-state index in [0.717, 1.165) is 37.7 Å². The van der Waals surface area contributed by atoms with Gasteiger partial charge < -0.3 is 4.42 Å². The van der Waals surface area contributed by atoms with Crippen LogP contribution in [0.3, 0.4) is 0 Å². The van der Waals surface area contributed by atoms with Gasteiger partial charge in [-0.05, 0) is 164 Å². The van der Waals surface area contributed by atoms with Gasteiger partial charge in [0.1, 0.15) is 11.3 Å². The van der Waals surface area contributed by atoms with Crippen molar-refractivity contribution in [3.8, 4) is 0 Å². The van der Waals surface area contributed by atoms with Crippen molar-refractivity contribution < 1.29 is 4.42 Å². The fourth-order valence-electron chi connectivity index (χ4n) is 11.2. The second-order valence-corrected chi connectivity index (χ2v) is 15.6. The lowest BCUT2D eigenvalue weighted by atomic mass is 9.57. The molecule has 2 aromatic carbocycles. The molecule has 0 amide bonds. The molecule has 47 heavy (non-hydrogen) atoms. The van der Waals surface area contributed by atoms with Crippen molar-refractivity contribution in [2.24, 2.45) is 17.8 Å². The van der Waals surface area contributed by atoms with Crippen LogP contribution in [0.5, 0.6) is 0 Å². The van der Waals surface area contributed by atoms with Crippen LogP contribution in [0.1, 0.15) is 128 Å². The minimum absolute atomic E-state index is 0.563. The predicted octanol–water partition coefficient (Wildman–Crippen LogP) is 12.2. The van der Waals surface area contributed by atoms with E-state index in [1.807, 2.05) is 0 Å². The molecule has 1 nitrogen and oxygen atoms in total. The molecule has 0 radical (unpaired) electrons. The Morgan fingerprint density at radius 2 is 1.66 bits per heavy atom. The molecule has 0 N–H and O–H groups in total. The number of aryl methyl sites for hydroxylation is 2. The molecule has 10 rings (SSSR count). The lowest BCUT2D eigenvalue weighted by Crippen LogP contribution is -2.35. The molecule has 3 aromatic rings. The van der Waals surface area contributed by atoms with Gasteiger partial charge in [0.05, 0.1) is 0 Å². The Hall–Kier alpha value is -3.58. The number of hydrogen-bond donors (Lipinski definition) is 0. The van der Waals surface area contributed by atoms with Crippen LogP contribution in [-0.4, -0.2) is 0 Å². The first-order valence-electron chi connectivity index (χ1n) is 19.2. The highest BCUT2D eigenvalue weighted by Gasteiger charge is 2.44. The monoisotopic (exact) mass is 616 g/mol. The van der Waals surface area contributed by atoms with Gasteiger partial charge in [-0.15, -0.1) is 0 Å². The molecule has 7 aliphatic carbocycles. The summed E-state index contributed by atoms with van der Waals surface area (Å²) in [6, 6.07) is 9.62. The Bertz CT molecular complexity index is 1960. The van der Waals surface area contributed by atoms with Gasteiger partial charge in [0, 0.05) is 23.3 Å². The van der Waals surface area contributed by atoms with E-state index in [1.165, 1.54) is 92.9 Å². The third-order valence-electron chi connectivity index (χ3n) is 13.1. The Kier molecular flexibility index (Phi) is 6.98. The summed E-state index contributed by atoms with van der Waals surface area (Å²) in [5.41, 5.74) is 18.7. The minimum atomic E-state index is 0.563.